The number of pyridine rings is 1. The molecule has 1 heteroatoms. The molecular weight excluding hydrogens is 266 g/mol. The predicted molar refractivity (Wildman–Crippen MR) is 95.2 cm³/mol. The van der Waals surface area contributed by atoms with Gasteiger partial charge >= 0.3 is 0 Å². The highest BCUT2D eigenvalue weighted by molar-refractivity contribution is 5.61. The molecule has 0 amide bonds. The molecule has 2 aromatic rings. The van der Waals surface area contributed by atoms with E-state index in [0.29, 0.717) is 11.8 Å². The van der Waals surface area contributed by atoms with Crippen molar-refractivity contribution in [2.75, 3.05) is 0 Å². The number of aromatic nitrogens is 1. The molecule has 1 aromatic carbocycles. The molecule has 0 saturated carbocycles. The average molecular weight is 296 g/mol. The summed E-state index contributed by atoms with van der Waals surface area (Å²) in [6.45, 7) is 11.3. The van der Waals surface area contributed by atoms with E-state index in [1.54, 1.807) is 0 Å². The molecule has 0 fully saturated rings. The number of nitrogens with zero attached hydrogens (tertiary/aromatic N) is 1. The molecule has 0 radical (unpaired) electrons. The molecule has 0 unspecified atom stereocenters. The smallest absolute Gasteiger partial charge is 0.201 e. The van der Waals surface area contributed by atoms with Crippen LogP contribution in [0.25, 0.3) is 11.3 Å². The molecule has 0 N–H and O–H groups in total. The van der Waals surface area contributed by atoms with E-state index in [1.165, 1.54) is 40.8 Å². The molecule has 1 aromatic heterocycles. The van der Waals surface area contributed by atoms with Gasteiger partial charge in [-0.25, -0.2) is 4.57 Å². The Morgan fingerprint density at radius 1 is 0.955 bits per heavy atom. The van der Waals surface area contributed by atoms with Crippen molar-refractivity contribution in [3.8, 4) is 11.3 Å². The van der Waals surface area contributed by atoms with Crippen molar-refractivity contribution < 1.29 is 4.57 Å². The molecule has 1 heterocycles. The topological polar surface area (TPSA) is 3.88 Å². The summed E-state index contributed by atoms with van der Waals surface area (Å²) in [5.41, 5.74) is 6.87. The third-order valence-corrected chi connectivity index (χ3v) is 4.81. The zero-order valence-corrected chi connectivity index (χ0v) is 15.0. The Kier molecular flexibility index (Phi) is 5.39. The molecule has 0 aliphatic heterocycles. The lowest BCUT2D eigenvalue weighted by atomic mass is 9.90. The SMILES string of the molecule is CCC(CC)c1ccc(-c2ccc(C(C)C)c[n+]2C)c(C)c1. The van der Waals surface area contributed by atoms with Crippen molar-refractivity contribution in [2.45, 2.75) is 59.3 Å². The predicted octanol–water partition coefficient (Wildman–Crippen LogP) is 5.51. The standard InChI is InChI=1S/C21H30N/c1-7-17(8-2)18-9-11-20(16(5)13-18)21-12-10-19(15(3)4)14-22(21)6/h9-15,17H,7-8H2,1-6H3/q+1. The number of hydrogen-bond acceptors (Lipinski definition) is 0. The number of hydrogen-bond donors (Lipinski definition) is 0. The van der Waals surface area contributed by atoms with Crippen LogP contribution >= 0.6 is 0 Å². The second-order valence-electron chi connectivity index (χ2n) is 6.70. The zero-order chi connectivity index (χ0) is 16.3. The van der Waals surface area contributed by atoms with E-state index in [0.717, 1.165) is 0 Å². The van der Waals surface area contributed by atoms with Crippen LogP contribution in [0, 0.1) is 6.92 Å². The molecule has 2 rings (SSSR count). The summed E-state index contributed by atoms with van der Waals surface area (Å²) < 4.78 is 2.26. The van der Waals surface area contributed by atoms with E-state index in [2.05, 4.69) is 82.8 Å². The molecule has 0 aliphatic carbocycles. The van der Waals surface area contributed by atoms with Gasteiger partial charge in [-0.1, -0.05) is 39.8 Å². The van der Waals surface area contributed by atoms with Crippen LogP contribution in [0.5, 0.6) is 0 Å². The normalized spacial score (nSPS) is 11.5. The van der Waals surface area contributed by atoms with Gasteiger partial charge in [0.1, 0.15) is 7.05 Å². The summed E-state index contributed by atoms with van der Waals surface area (Å²) in [5.74, 6) is 1.25. The van der Waals surface area contributed by atoms with E-state index in [9.17, 15) is 0 Å². The molecular formula is C21H30N+. The summed E-state index contributed by atoms with van der Waals surface area (Å²) in [6, 6.07) is 11.5. The second kappa shape index (κ2) is 7.09. The lowest BCUT2D eigenvalue weighted by Crippen LogP contribution is -2.31. The van der Waals surface area contributed by atoms with Gasteiger partial charge in [0.25, 0.3) is 0 Å². The van der Waals surface area contributed by atoms with E-state index in [1.807, 2.05) is 0 Å². The van der Waals surface area contributed by atoms with Gasteiger partial charge in [-0.05, 0) is 54.9 Å². The van der Waals surface area contributed by atoms with Crippen LogP contribution in [0.3, 0.4) is 0 Å². The molecule has 0 aliphatic rings. The third kappa shape index (κ3) is 3.40. The Labute approximate surface area is 136 Å². The molecule has 0 bridgehead atoms. The summed E-state index contributed by atoms with van der Waals surface area (Å²) >= 11 is 0. The monoisotopic (exact) mass is 296 g/mol. The van der Waals surface area contributed by atoms with Gasteiger partial charge < -0.3 is 0 Å². The van der Waals surface area contributed by atoms with Gasteiger partial charge in [-0.15, -0.1) is 0 Å². The van der Waals surface area contributed by atoms with Gasteiger partial charge in [-0.3, -0.25) is 0 Å². The van der Waals surface area contributed by atoms with Gasteiger partial charge in [-0.2, -0.15) is 0 Å². The summed E-state index contributed by atoms with van der Waals surface area (Å²) in [7, 11) is 2.15. The maximum absolute atomic E-state index is 2.38. The quantitative estimate of drug-likeness (QED) is 0.640. The van der Waals surface area contributed by atoms with Crippen LogP contribution in [0.1, 0.15) is 69.1 Å². The lowest BCUT2D eigenvalue weighted by molar-refractivity contribution is -0.660. The van der Waals surface area contributed by atoms with Gasteiger partial charge in [0.05, 0.1) is 0 Å². The average Bonchev–Trinajstić information content (AvgIpc) is 2.49. The second-order valence-corrected chi connectivity index (χ2v) is 6.70. The van der Waals surface area contributed by atoms with Crippen LogP contribution in [0.15, 0.2) is 36.5 Å². The fourth-order valence-electron chi connectivity index (χ4n) is 3.24. The zero-order valence-electron chi connectivity index (χ0n) is 15.0. The highest BCUT2D eigenvalue weighted by atomic mass is 14.9. The largest absolute Gasteiger partial charge is 0.212 e. The Morgan fingerprint density at radius 3 is 2.09 bits per heavy atom. The van der Waals surface area contributed by atoms with Crippen molar-refractivity contribution in [3.05, 3.63) is 53.2 Å². The van der Waals surface area contributed by atoms with Crippen LogP contribution in [0.4, 0.5) is 0 Å². The summed E-state index contributed by atoms with van der Waals surface area (Å²) in [5, 5.41) is 0. The van der Waals surface area contributed by atoms with Gasteiger partial charge in [0.15, 0.2) is 6.20 Å². The molecule has 0 spiro atoms. The first-order chi connectivity index (χ1) is 10.5. The Bertz CT molecular complexity index is 636. The first-order valence-electron chi connectivity index (χ1n) is 8.58. The van der Waals surface area contributed by atoms with E-state index < -0.39 is 0 Å². The Hall–Kier alpha value is -1.63. The van der Waals surface area contributed by atoms with Gasteiger partial charge in [0, 0.05) is 17.2 Å². The minimum absolute atomic E-state index is 0.568. The van der Waals surface area contributed by atoms with Crippen LogP contribution < -0.4 is 4.57 Å². The summed E-state index contributed by atoms with van der Waals surface area (Å²) in [6.07, 6.45) is 4.69. The summed E-state index contributed by atoms with van der Waals surface area (Å²) in [4.78, 5) is 0. The van der Waals surface area contributed by atoms with Crippen molar-refractivity contribution in [2.24, 2.45) is 7.05 Å². The Morgan fingerprint density at radius 2 is 1.59 bits per heavy atom. The highest BCUT2D eigenvalue weighted by Crippen LogP contribution is 2.28. The number of rotatable bonds is 5. The van der Waals surface area contributed by atoms with E-state index >= 15 is 0 Å². The lowest BCUT2D eigenvalue weighted by Gasteiger charge is -2.15. The van der Waals surface area contributed by atoms with E-state index in [-0.39, 0.29) is 0 Å². The van der Waals surface area contributed by atoms with E-state index in [4.69, 9.17) is 0 Å². The fraction of sp³-hybridized carbons (Fsp3) is 0.476. The van der Waals surface area contributed by atoms with Crippen molar-refractivity contribution >= 4 is 0 Å². The van der Waals surface area contributed by atoms with Crippen molar-refractivity contribution in [3.63, 3.8) is 0 Å². The fourth-order valence-corrected chi connectivity index (χ4v) is 3.24. The number of aryl methyl sites for hydroxylation is 2. The third-order valence-electron chi connectivity index (χ3n) is 4.81. The van der Waals surface area contributed by atoms with Crippen LogP contribution in [-0.4, -0.2) is 0 Å². The molecule has 0 saturated heterocycles. The minimum atomic E-state index is 0.568. The van der Waals surface area contributed by atoms with Crippen molar-refractivity contribution in [1.82, 2.24) is 0 Å². The molecule has 0 atom stereocenters. The van der Waals surface area contributed by atoms with Crippen LogP contribution in [0.2, 0.25) is 0 Å². The minimum Gasteiger partial charge on any atom is -0.201 e. The number of benzene rings is 1. The van der Waals surface area contributed by atoms with Gasteiger partial charge in [0.2, 0.25) is 5.69 Å². The molecule has 1 nitrogen and oxygen atoms in total. The maximum atomic E-state index is 2.38. The molecule has 118 valence electrons. The highest BCUT2D eigenvalue weighted by Gasteiger charge is 2.16. The Balaban J connectivity index is 2.41. The van der Waals surface area contributed by atoms with Crippen molar-refractivity contribution in [1.29, 1.82) is 0 Å². The molecule has 22 heavy (non-hydrogen) atoms. The first kappa shape index (κ1) is 16.7. The first-order valence-corrected chi connectivity index (χ1v) is 8.58. The van der Waals surface area contributed by atoms with Crippen LogP contribution in [-0.2, 0) is 7.05 Å². The maximum Gasteiger partial charge on any atom is 0.212 e.